The highest BCUT2D eigenvalue weighted by Gasteiger charge is 2.15. The second kappa shape index (κ2) is 9.89. The van der Waals surface area contributed by atoms with Gasteiger partial charge in [-0.2, -0.15) is 5.10 Å². The van der Waals surface area contributed by atoms with Gasteiger partial charge >= 0.3 is 0 Å². The quantitative estimate of drug-likeness (QED) is 0.464. The fraction of sp³-hybridized carbons (Fsp3) is 0.280. The molecule has 0 saturated carbocycles. The Morgan fingerprint density at radius 2 is 1.97 bits per heavy atom. The number of morpholine rings is 1. The summed E-state index contributed by atoms with van der Waals surface area (Å²) in [4.78, 5) is 15.9. The monoisotopic (exact) mass is 441 g/mol. The summed E-state index contributed by atoms with van der Waals surface area (Å²) < 4.78 is 7.37. The standard InChI is InChI=1S/C25H27N7O/c1-2-32-18-22(24(30-32)20-6-4-9-26-16-20)23-8-10-27-25(29-23)28-21-7-3-5-19(15-21)17-31-11-13-33-14-12-31/h3-10,15-16,18H,2,11-14,17H2,1H3,(H,27,28,29). The Labute approximate surface area is 193 Å². The number of aryl methyl sites for hydroxylation is 1. The highest BCUT2D eigenvalue weighted by Crippen LogP contribution is 2.30. The van der Waals surface area contributed by atoms with E-state index in [-0.39, 0.29) is 0 Å². The third kappa shape index (κ3) is 5.08. The number of hydrogen-bond donors (Lipinski definition) is 1. The van der Waals surface area contributed by atoms with Crippen molar-refractivity contribution in [2.45, 2.75) is 20.0 Å². The van der Waals surface area contributed by atoms with Crippen molar-refractivity contribution in [3.63, 3.8) is 0 Å². The molecular formula is C25H27N7O. The molecule has 1 fully saturated rings. The van der Waals surface area contributed by atoms with Crippen LogP contribution >= 0.6 is 0 Å². The van der Waals surface area contributed by atoms with E-state index in [1.54, 1.807) is 12.4 Å². The number of aromatic nitrogens is 5. The molecule has 0 unspecified atom stereocenters. The number of benzene rings is 1. The van der Waals surface area contributed by atoms with Crippen molar-refractivity contribution in [1.29, 1.82) is 0 Å². The zero-order valence-electron chi connectivity index (χ0n) is 18.7. The smallest absolute Gasteiger partial charge is 0.227 e. The van der Waals surface area contributed by atoms with Crippen molar-refractivity contribution in [1.82, 2.24) is 29.6 Å². The molecule has 0 bridgehead atoms. The van der Waals surface area contributed by atoms with E-state index < -0.39 is 0 Å². The maximum atomic E-state index is 5.45. The first-order chi connectivity index (χ1) is 16.3. The van der Waals surface area contributed by atoms with Crippen LogP contribution < -0.4 is 5.32 Å². The van der Waals surface area contributed by atoms with E-state index in [0.29, 0.717) is 5.95 Å². The van der Waals surface area contributed by atoms with Crippen LogP contribution in [0.2, 0.25) is 0 Å². The zero-order valence-corrected chi connectivity index (χ0v) is 18.7. The van der Waals surface area contributed by atoms with Crippen LogP contribution in [0.1, 0.15) is 12.5 Å². The number of anilines is 2. The lowest BCUT2D eigenvalue weighted by Crippen LogP contribution is -2.35. The Hall–Kier alpha value is -3.62. The van der Waals surface area contributed by atoms with Gasteiger partial charge in [-0.05, 0) is 42.8 Å². The molecule has 33 heavy (non-hydrogen) atoms. The van der Waals surface area contributed by atoms with Gasteiger partial charge in [-0.15, -0.1) is 0 Å². The van der Waals surface area contributed by atoms with E-state index in [9.17, 15) is 0 Å². The van der Waals surface area contributed by atoms with Crippen LogP contribution in [0.5, 0.6) is 0 Å². The number of rotatable bonds is 7. The Morgan fingerprint density at radius 1 is 1.06 bits per heavy atom. The lowest BCUT2D eigenvalue weighted by atomic mass is 10.1. The van der Waals surface area contributed by atoms with Crippen LogP contribution in [0, 0.1) is 0 Å². The average Bonchev–Trinajstić information content (AvgIpc) is 3.30. The molecule has 8 nitrogen and oxygen atoms in total. The number of nitrogens with one attached hydrogen (secondary N) is 1. The maximum Gasteiger partial charge on any atom is 0.227 e. The summed E-state index contributed by atoms with van der Waals surface area (Å²) in [6.07, 6.45) is 7.39. The molecule has 0 atom stereocenters. The van der Waals surface area contributed by atoms with Gasteiger partial charge in [0.2, 0.25) is 5.95 Å². The first-order valence-corrected chi connectivity index (χ1v) is 11.3. The molecule has 0 radical (unpaired) electrons. The highest BCUT2D eigenvalue weighted by molar-refractivity contribution is 5.78. The molecule has 1 aromatic carbocycles. The van der Waals surface area contributed by atoms with Gasteiger partial charge in [-0.3, -0.25) is 14.6 Å². The summed E-state index contributed by atoms with van der Waals surface area (Å²) >= 11 is 0. The molecule has 1 saturated heterocycles. The van der Waals surface area contributed by atoms with Crippen LogP contribution in [-0.2, 0) is 17.8 Å². The van der Waals surface area contributed by atoms with Crippen LogP contribution in [0.4, 0.5) is 11.6 Å². The Morgan fingerprint density at radius 3 is 2.79 bits per heavy atom. The van der Waals surface area contributed by atoms with Gasteiger partial charge in [0, 0.05) is 67.8 Å². The normalized spacial score (nSPS) is 14.3. The molecule has 0 aliphatic carbocycles. The first kappa shape index (κ1) is 21.2. The third-order valence-corrected chi connectivity index (χ3v) is 5.65. The summed E-state index contributed by atoms with van der Waals surface area (Å²) in [5.74, 6) is 0.553. The maximum absolute atomic E-state index is 5.45. The molecule has 8 heteroatoms. The second-order valence-corrected chi connectivity index (χ2v) is 7.97. The van der Waals surface area contributed by atoms with Crippen LogP contribution in [0.3, 0.4) is 0 Å². The summed E-state index contributed by atoms with van der Waals surface area (Å²) in [5.41, 5.74) is 5.81. The largest absolute Gasteiger partial charge is 0.379 e. The molecular weight excluding hydrogens is 414 g/mol. The molecule has 168 valence electrons. The minimum absolute atomic E-state index is 0.553. The average molecular weight is 442 g/mol. The SMILES string of the molecule is CCn1cc(-c2ccnc(Nc3cccc(CN4CCOCC4)c3)n2)c(-c2cccnc2)n1. The fourth-order valence-corrected chi connectivity index (χ4v) is 3.95. The lowest BCUT2D eigenvalue weighted by molar-refractivity contribution is 0.0342. The molecule has 4 heterocycles. The van der Waals surface area contributed by atoms with Crippen LogP contribution in [0.15, 0.2) is 67.3 Å². The number of nitrogens with zero attached hydrogens (tertiary/aromatic N) is 6. The summed E-state index contributed by atoms with van der Waals surface area (Å²) in [5, 5.41) is 8.11. The van der Waals surface area contributed by atoms with E-state index in [0.717, 1.165) is 67.6 Å². The molecule has 1 aliphatic heterocycles. The Kier molecular flexibility index (Phi) is 6.37. The van der Waals surface area contributed by atoms with Gasteiger partial charge in [-0.25, -0.2) is 9.97 Å². The Bertz CT molecular complexity index is 1200. The molecule has 5 rings (SSSR count). The number of hydrogen-bond acceptors (Lipinski definition) is 7. The van der Waals surface area contributed by atoms with Crippen molar-refractivity contribution >= 4 is 11.6 Å². The molecule has 3 aromatic heterocycles. The van der Waals surface area contributed by atoms with Crippen molar-refractivity contribution in [2.75, 3.05) is 31.6 Å². The molecule has 1 N–H and O–H groups in total. The van der Waals surface area contributed by atoms with E-state index in [4.69, 9.17) is 14.8 Å². The van der Waals surface area contributed by atoms with E-state index in [1.807, 2.05) is 41.3 Å². The first-order valence-electron chi connectivity index (χ1n) is 11.3. The number of pyridine rings is 1. The topological polar surface area (TPSA) is 81.0 Å². The van der Waals surface area contributed by atoms with Gasteiger partial charge in [0.05, 0.1) is 18.9 Å². The van der Waals surface area contributed by atoms with Crippen LogP contribution in [-0.4, -0.2) is 55.9 Å². The number of ether oxygens (including phenoxy) is 1. The Balaban J connectivity index is 1.39. The minimum Gasteiger partial charge on any atom is -0.379 e. The third-order valence-electron chi connectivity index (χ3n) is 5.65. The molecule has 4 aromatic rings. The van der Waals surface area contributed by atoms with E-state index >= 15 is 0 Å². The predicted molar refractivity (Wildman–Crippen MR) is 128 cm³/mol. The van der Waals surface area contributed by atoms with Crippen LogP contribution in [0.25, 0.3) is 22.5 Å². The van der Waals surface area contributed by atoms with Gasteiger partial charge in [0.15, 0.2) is 0 Å². The summed E-state index contributed by atoms with van der Waals surface area (Å²) in [6, 6.07) is 14.2. The van der Waals surface area contributed by atoms with E-state index in [2.05, 4.69) is 45.3 Å². The van der Waals surface area contributed by atoms with Crippen molar-refractivity contribution in [3.8, 4) is 22.5 Å². The van der Waals surface area contributed by atoms with Gasteiger partial charge in [0.1, 0.15) is 5.69 Å². The fourth-order valence-electron chi connectivity index (χ4n) is 3.95. The predicted octanol–water partition coefficient (Wildman–Crippen LogP) is 4.00. The van der Waals surface area contributed by atoms with Gasteiger partial charge in [0.25, 0.3) is 0 Å². The van der Waals surface area contributed by atoms with Crippen molar-refractivity contribution in [3.05, 3.63) is 72.8 Å². The highest BCUT2D eigenvalue weighted by atomic mass is 16.5. The van der Waals surface area contributed by atoms with Gasteiger partial charge < -0.3 is 10.1 Å². The van der Waals surface area contributed by atoms with E-state index in [1.165, 1.54) is 5.56 Å². The zero-order chi connectivity index (χ0) is 22.5. The summed E-state index contributed by atoms with van der Waals surface area (Å²) in [7, 11) is 0. The van der Waals surface area contributed by atoms with Gasteiger partial charge in [-0.1, -0.05) is 12.1 Å². The van der Waals surface area contributed by atoms with Crippen molar-refractivity contribution < 1.29 is 4.74 Å². The molecule has 0 amide bonds. The van der Waals surface area contributed by atoms with Crippen molar-refractivity contribution in [2.24, 2.45) is 0 Å². The molecule has 0 spiro atoms. The second-order valence-electron chi connectivity index (χ2n) is 7.97. The minimum atomic E-state index is 0.553. The molecule has 1 aliphatic rings. The lowest BCUT2D eigenvalue weighted by Gasteiger charge is -2.26. The summed E-state index contributed by atoms with van der Waals surface area (Å²) in [6.45, 7) is 7.29.